The second-order valence-electron chi connectivity index (χ2n) is 5.90. The maximum absolute atomic E-state index is 4.83. The Balaban J connectivity index is 2.15. The van der Waals surface area contributed by atoms with Crippen molar-refractivity contribution in [3.8, 4) is 0 Å². The lowest BCUT2D eigenvalue weighted by Gasteiger charge is -2.24. The van der Waals surface area contributed by atoms with Gasteiger partial charge in [-0.1, -0.05) is 31.7 Å². The van der Waals surface area contributed by atoms with Gasteiger partial charge in [0.1, 0.15) is 0 Å². The van der Waals surface area contributed by atoms with E-state index < -0.39 is 0 Å². The van der Waals surface area contributed by atoms with Gasteiger partial charge in [0.05, 0.1) is 6.04 Å². The van der Waals surface area contributed by atoms with Gasteiger partial charge in [0.2, 0.25) is 0 Å². The maximum atomic E-state index is 4.83. The van der Waals surface area contributed by atoms with E-state index in [4.69, 9.17) is 4.99 Å². The molecule has 1 heterocycles. The molecule has 20 heavy (non-hydrogen) atoms. The molecular formula is C16H25N3S. The van der Waals surface area contributed by atoms with Crippen LogP contribution in [0.4, 0.5) is 11.4 Å². The number of thioether (sulfide) groups is 1. The van der Waals surface area contributed by atoms with Gasteiger partial charge < -0.3 is 10.2 Å². The van der Waals surface area contributed by atoms with Gasteiger partial charge in [0.15, 0.2) is 5.17 Å². The fourth-order valence-electron chi connectivity index (χ4n) is 2.37. The molecule has 0 spiro atoms. The molecule has 1 aromatic rings. The van der Waals surface area contributed by atoms with Gasteiger partial charge in [-0.05, 0) is 37.0 Å². The third-order valence-corrected chi connectivity index (χ3v) is 4.57. The predicted molar refractivity (Wildman–Crippen MR) is 92.3 cm³/mol. The first-order valence-corrected chi connectivity index (χ1v) is 8.21. The number of amidine groups is 1. The van der Waals surface area contributed by atoms with E-state index in [1.807, 2.05) is 11.8 Å². The van der Waals surface area contributed by atoms with E-state index >= 15 is 0 Å². The molecule has 2 rings (SSSR count). The summed E-state index contributed by atoms with van der Waals surface area (Å²) in [5.41, 5.74) is 3.66. The average molecular weight is 291 g/mol. The zero-order valence-electron chi connectivity index (χ0n) is 13.1. The molecule has 0 fully saturated rings. The number of aryl methyl sites for hydroxylation is 1. The van der Waals surface area contributed by atoms with Crippen LogP contribution in [0.2, 0.25) is 0 Å². The van der Waals surface area contributed by atoms with Crippen molar-refractivity contribution < 1.29 is 0 Å². The minimum absolute atomic E-state index is 0.456. The normalized spacial score (nSPS) is 18.9. The number of hydrogen-bond donors (Lipinski definition) is 1. The fourth-order valence-corrected chi connectivity index (χ4v) is 3.32. The molecule has 1 aromatic carbocycles. The van der Waals surface area contributed by atoms with Crippen molar-refractivity contribution in [3.05, 3.63) is 23.8 Å². The summed E-state index contributed by atoms with van der Waals surface area (Å²) >= 11 is 1.82. The van der Waals surface area contributed by atoms with Crippen LogP contribution in [0.1, 0.15) is 25.8 Å². The minimum atomic E-state index is 0.456. The Bertz CT molecular complexity index is 494. The van der Waals surface area contributed by atoms with Crippen LogP contribution in [-0.4, -0.2) is 31.1 Å². The van der Waals surface area contributed by atoms with E-state index in [1.54, 1.807) is 0 Å². The van der Waals surface area contributed by atoms with Gasteiger partial charge in [-0.3, -0.25) is 4.99 Å². The molecule has 1 aliphatic rings. The van der Waals surface area contributed by atoms with Crippen LogP contribution in [-0.2, 0) is 0 Å². The lowest BCUT2D eigenvalue weighted by molar-refractivity contribution is 0.485. The number of rotatable bonds is 3. The SMILES string of the molecule is Cc1ccc(NC2=NC(C(C)C)CCS2)cc1N(C)C. The summed E-state index contributed by atoms with van der Waals surface area (Å²) < 4.78 is 0. The molecule has 0 aromatic heterocycles. The number of hydrogen-bond acceptors (Lipinski definition) is 4. The summed E-state index contributed by atoms with van der Waals surface area (Å²) in [5, 5.41) is 4.53. The van der Waals surface area contributed by atoms with Gasteiger partial charge in [-0.25, -0.2) is 0 Å². The number of aliphatic imine (C=N–C) groups is 1. The zero-order valence-corrected chi connectivity index (χ0v) is 13.9. The van der Waals surface area contributed by atoms with E-state index in [9.17, 15) is 0 Å². The molecule has 1 N–H and O–H groups in total. The lowest BCUT2D eigenvalue weighted by atomic mass is 10.0. The van der Waals surface area contributed by atoms with Crippen LogP contribution in [0, 0.1) is 12.8 Å². The van der Waals surface area contributed by atoms with E-state index in [1.165, 1.54) is 17.7 Å². The van der Waals surface area contributed by atoms with Crippen molar-refractivity contribution in [3.63, 3.8) is 0 Å². The van der Waals surface area contributed by atoms with Gasteiger partial charge >= 0.3 is 0 Å². The Hall–Kier alpha value is -1.16. The number of anilines is 2. The molecule has 110 valence electrons. The highest BCUT2D eigenvalue weighted by atomic mass is 32.2. The number of benzene rings is 1. The summed E-state index contributed by atoms with van der Waals surface area (Å²) in [6, 6.07) is 6.94. The Labute approximate surface area is 126 Å². The Morgan fingerprint density at radius 1 is 1.35 bits per heavy atom. The highest BCUT2D eigenvalue weighted by Gasteiger charge is 2.18. The van der Waals surface area contributed by atoms with Gasteiger partial charge in [0, 0.05) is 31.2 Å². The van der Waals surface area contributed by atoms with Gasteiger partial charge in [-0.15, -0.1) is 0 Å². The van der Waals surface area contributed by atoms with Crippen LogP contribution < -0.4 is 10.2 Å². The van der Waals surface area contributed by atoms with Crippen molar-refractivity contribution in [1.29, 1.82) is 0 Å². The second-order valence-corrected chi connectivity index (χ2v) is 6.99. The molecule has 0 bridgehead atoms. The van der Waals surface area contributed by atoms with Crippen LogP contribution in [0.5, 0.6) is 0 Å². The standard InChI is InChI=1S/C16H25N3S/c1-11(2)14-8-9-20-16(18-14)17-13-7-6-12(3)15(10-13)19(4)5/h6-7,10-11,14H,8-9H2,1-5H3,(H,17,18). The molecule has 0 saturated heterocycles. The molecule has 0 radical (unpaired) electrons. The van der Waals surface area contributed by atoms with Crippen LogP contribution in [0.25, 0.3) is 0 Å². The van der Waals surface area contributed by atoms with Crippen molar-refractivity contribution in [2.45, 2.75) is 33.2 Å². The number of nitrogens with one attached hydrogen (secondary N) is 1. The average Bonchev–Trinajstić information content (AvgIpc) is 2.41. The van der Waals surface area contributed by atoms with Gasteiger partial charge in [0.25, 0.3) is 0 Å². The molecule has 0 amide bonds. The van der Waals surface area contributed by atoms with Crippen LogP contribution in [0.3, 0.4) is 0 Å². The summed E-state index contributed by atoms with van der Waals surface area (Å²) in [4.78, 5) is 6.97. The lowest BCUT2D eigenvalue weighted by Crippen LogP contribution is -2.24. The van der Waals surface area contributed by atoms with Crippen molar-refractivity contribution in [2.24, 2.45) is 10.9 Å². The van der Waals surface area contributed by atoms with E-state index in [0.717, 1.165) is 16.6 Å². The molecule has 0 saturated carbocycles. The monoisotopic (exact) mass is 291 g/mol. The second kappa shape index (κ2) is 6.53. The van der Waals surface area contributed by atoms with Crippen LogP contribution >= 0.6 is 11.8 Å². The van der Waals surface area contributed by atoms with Gasteiger partial charge in [-0.2, -0.15) is 0 Å². The quantitative estimate of drug-likeness (QED) is 0.912. The maximum Gasteiger partial charge on any atom is 0.161 e. The molecule has 1 aliphatic heterocycles. The predicted octanol–water partition coefficient (Wildman–Crippen LogP) is 3.99. The zero-order chi connectivity index (χ0) is 14.7. The van der Waals surface area contributed by atoms with E-state index in [0.29, 0.717) is 12.0 Å². The molecule has 1 unspecified atom stereocenters. The fraction of sp³-hybridized carbons (Fsp3) is 0.562. The highest BCUT2D eigenvalue weighted by Crippen LogP contribution is 2.26. The largest absolute Gasteiger partial charge is 0.377 e. The first-order valence-electron chi connectivity index (χ1n) is 7.23. The molecule has 3 nitrogen and oxygen atoms in total. The molecule has 0 aliphatic carbocycles. The van der Waals surface area contributed by atoms with Crippen molar-refractivity contribution in [2.75, 3.05) is 30.1 Å². The van der Waals surface area contributed by atoms with E-state index in [2.05, 4.69) is 63.3 Å². The first-order chi connectivity index (χ1) is 9.47. The minimum Gasteiger partial charge on any atom is -0.377 e. The highest BCUT2D eigenvalue weighted by molar-refractivity contribution is 8.14. The first kappa shape index (κ1) is 15.2. The number of nitrogens with zero attached hydrogens (tertiary/aromatic N) is 2. The summed E-state index contributed by atoms with van der Waals surface area (Å²) in [6.45, 7) is 6.64. The Morgan fingerprint density at radius 3 is 2.75 bits per heavy atom. The smallest absolute Gasteiger partial charge is 0.161 e. The molecular weight excluding hydrogens is 266 g/mol. The summed E-state index contributed by atoms with van der Waals surface area (Å²) in [5.74, 6) is 1.77. The van der Waals surface area contributed by atoms with E-state index in [-0.39, 0.29) is 0 Å². The topological polar surface area (TPSA) is 27.6 Å². The van der Waals surface area contributed by atoms with Crippen molar-refractivity contribution >= 4 is 28.3 Å². The summed E-state index contributed by atoms with van der Waals surface area (Å²) in [6.07, 6.45) is 1.18. The molecule has 4 heteroatoms. The Kier molecular flexibility index (Phi) is 4.97. The van der Waals surface area contributed by atoms with Crippen molar-refractivity contribution in [1.82, 2.24) is 0 Å². The third kappa shape index (κ3) is 3.69. The third-order valence-electron chi connectivity index (χ3n) is 3.65. The molecule has 1 atom stereocenters. The summed E-state index contributed by atoms with van der Waals surface area (Å²) in [7, 11) is 4.15. The Morgan fingerprint density at radius 2 is 2.10 bits per heavy atom. The van der Waals surface area contributed by atoms with Crippen LogP contribution in [0.15, 0.2) is 23.2 Å².